The fourth-order valence-corrected chi connectivity index (χ4v) is 6.16. The monoisotopic (exact) mass is 574 g/mol. The highest BCUT2D eigenvalue weighted by Crippen LogP contribution is 2.60. The lowest BCUT2D eigenvalue weighted by Gasteiger charge is -2.17. The van der Waals surface area contributed by atoms with Gasteiger partial charge in [0.25, 0.3) is 5.56 Å². The molecule has 0 saturated heterocycles. The number of benzene rings is 2. The lowest BCUT2D eigenvalue weighted by Crippen LogP contribution is -2.26. The molecule has 1 aliphatic heterocycles. The Hall–Kier alpha value is -4.48. The van der Waals surface area contributed by atoms with Crippen LogP contribution in [0.2, 0.25) is 10.2 Å². The van der Waals surface area contributed by atoms with Crippen molar-refractivity contribution in [1.82, 2.24) is 34.7 Å². The normalized spacial score (nSPS) is 19.2. The molecular weight excluding hydrogens is 558 g/mol. The van der Waals surface area contributed by atoms with Crippen molar-refractivity contribution in [3.8, 4) is 28.1 Å². The van der Waals surface area contributed by atoms with Crippen molar-refractivity contribution in [3.05, 3.63) is 92.7 Å². The molecule has 2 aromatic carbocycles. The summed E-state index contributed by atoms with van der Waals surface area (Å²) >= 11 is 12.3. The number of rotatable bonds is 4. The summed E-state index contributed by atoms with van der Waals surface area (Å²) in [4.78, 5) is 21.0. The van der Waals surface area contributed by atoms with Gasteiger partial charge in [0.05, 0.1) is 23.3 Å². The number of anilines is 1. The summed E-state index contributed by atoms with van der Waals surface area (Å²) in [6, 6.07) is 13.5. The number of nitrogen functional groups attached to an aromatic ring is 1. The number of H-pyrrole nitrogens is 1. The lowest BCUT2D eigenvalue weighted by molar-refractivity contribution is 0.460. The van der Waals surface area contributed by atoms with E-state index in [9.17, 15) is 4.79 Å². The minimum Gasteiger partial charge on any atom is -0.380 e. The predicted octanol–water partition coefficient (Wildman–Crippen LogP) is 5.36. The van der Waals surface area contributed by atoms with Crippen molar-refractivity contribution in [3.63, 3.8) is 0 Å². The third kappa shape index (κ3) is 3.44. The van der Waals surface area contributed by atoms with E-state index in [0.717, 1.165) is 12.1 Å². The molecule has 4 aromatic heterocycles. The SMILES string of the molecule is Nc1noc2cc(-c3nc(C4C5CC5c5cc(-c6cc(Cl)ccc6-n6cc(Cl)nn6)cc(=O)n54)[nH]c3F)ccc12. The predicted molar refractivity (Wildman–Crippen MR) is 146 cm³/mol. The van der Waals surface area contributed by atoms with E-state index in [1.165, 1.54) is 0 Å². The Bertz CT molecular complexity index is 2060. The van der Waals surface area contributed by atoms with E-state index in [4.69, 9.17) is 33.5 Å². The molecule has 6 aromatic rings. The Morgan fingerprint density at radius 3 is 2.80 bits per heavy atom. The fraction of sp³-hybridized carbons (Fsp3) is 0.148. The zero-order valence-electron chi connectivity index (χ0n) is 20.3. The van der Waals surface area contributed by atoms with Crippen LogP contribution in [0.5, 0.6) is 0 Å². The summed E-state index contributed by atoms with van der Waals surface area (Å²) in [6.07, 6.45) is 2.45. The Morgan fingerprint density at radius 2 is 1.98 bits per heavy atom. The van der Waals surface area contributed by atoms with Crippen LogP contribution in [0.4, 0.5) is 10.2 Å². The second-order valence-electron chi connectivity index (χ2n) is 10.0. The summed E-state index contributed by atoms with van der Waals surface area (Å²) < 4.78 is 23.7. The van der Waals surface area contributed by atoms with Crippen LogP contribution < -0.4 is 11.3 Å². The molecule has 8 rings (SSSR count). The van der Waals surface area contributed by atoms with E-state index in [-0.39, 0.29) is 34.1 Å². The summed E-state index contributed by atoms with van der Waals surface area (Å²) in [5.74, 6) is 0.358. The number of hydrogen-bond donors (Lipinski definition) is 2. The average Bonchev–Trinajstić information content (AvgIpc) is 3.21. The topological polar surface area (TPSA) is 133 Å². The average molecular weight is 575 g/mol. The van der Waals surface area contributed by atoms with Crippen LogP contribution in [-0.2, 0) is 0 Å². The van der Waals surface area contributed by atoms with E-state index in [1.54, 1.807) is 57.9 Å². The first-order valence-corrected chi connectivity index (χ1v) is 13.2. The van der Waals surface area contributed by atoms with Gasteiger partial charge in [0.15, 0.2) is 16.6 Å². The van der Waals surface area contributed by atoms with Crippen molar-refractivity contribution in [1.29, 1.82) is 0 Å². The molecule has 3 N–H and O–H groups in total. The van der Waals surface area contributed by atoms with E-state index in [2.05, 4.69) is 25.4 Å². The van der Waals surface area contributed by atoms with Gasteiger partial charge in [-0.3, -0.25) is 4.79 Å². The van der Waals surface area contributed by atoms with Crippen molar-refractivity contribution in [2.45, 2.75) is 18.4 Å². The molecule has 0 radical (unpaired) electrons. The van der Waals surface area contributed by atoms with Gasteiger partial charge in [-0.25, -0.2) is 9.67 Å². The van der Waals surface area contributed by atoms with Crippen molar-refractivity contribution in [2.24, 2.45) is 5.92 Å². The van der Waals surface area contributed by atoms with Crippen LogP contribution >= 0.6 is 23.2 Å². The Labute approximate surface area is 234 Å². The number of halogens is 3. The Balaban J connectivity index is 1.21. The second kappa shape index (κ2) is 8.26. The molecule has 40 heavy (non-hydrogen) atoms. The number of nitrogens with one attached hydrogen (secondary N) is 1. The maximum Gasteiger partial charge on any atom is 0.252 e. The quantitative estimate of drug-likeness (QED) is 0.289. The highest BCUT2D eigenvalue weighted by Gasteiger charge is 2.54. The minimum atomic E-state index is -0.591. The summed E-state index contributed by atoms with van der Waals surface area (Å²) in [7, 11) is 0. The number of fused-ring (bicyclic) bond motifs is 4. The third-order valence-corrected chi connectivity index (χ3v) is 8.12. The van der Waals surface area contributed by atoms with Crippen LogP contribution in [0.3, 0.4) is 0 Å². The van der Waals surface area contributed by atoms with Gasteiger partial charge in [-0.15, -0.1) is 5.10 Å². The zero-order valence-corrected chi connectivity index (χ0v) is 21.9. The number of aromatic nitrogens is 7. The van der Waals surface area contributed by atoms with Gasteiger partial charge in [0.2, 0.25) is 5.95 Å². The molecule has 10 nitrogen and oxygen atoms in total. The molecule has 3 atom stereocenters. The number of nitrogens with two attached hydrogens (primary N) is 1. The number of aromatic amines is 1. The largest absolute Gasteiger partial charge is 0.380 e. The minimum absolute atomic E-state index is 0.130. The smallest absolute Gasteiger partial charge is 0.252 e. The van der Waals surface area contributed by atoms with E-state index in [0.29, 0.717) is 44.2 Å². The highest BCUT2D eigenvalue weighted by atomic mass is 35.5. The standard InChI is InChI=1S/C27H17Cl2FN8O2/c28-13-2-4-18(37-10-21(29)34-36-37)15(8-13)12-5-19-16-9-17(16)24(38(19)22(39)7-12)27-32-23(25(30)33-27)11-1-3-14-20(6-11)40-35-26(14)31/h1-8,10,16-17,24H,9H2,(H2,31,35)(H,32,33). The molecule has 0 amide bonds. The maximum atomic E-state index is 15.2. The van der Waals surface area contributed by atoms with Crippen LogP contribution in [0.1, 0.15) is 29.9 Å². The molecule has 1 saturated carbocycles. The molecule has 0 spiro atoms. The number of pyridine rings is 1. The molecule has 3 unspecified atom stereocenters. The first-order valence-electron chi connectivity index (χ1n) is 12.4. The van der Waals surface area contributed by atoms with Gasteiger partial charge in [0, 0.05) is 33.8 Å². The Morgan fingerprint density at radius 1 is 1.10 bits per heavy atom. The fourth-order valence-electron chi connectivity index (χ4n) is 5.86. The summed E-state index contributed by atoms with van der Waals surface area (Å²) in [5.41, 5.74) is 9.62. The molecule has 5 heterocycles. The van der Waals surface area contributed by atoms with E-state index < -0.39 is 12.0 Å². The van der Waals surface area contributed by atoms with Gasteiger partial charge >= 0.3 is 0 Å². The van der Waals surface area contributed by atoms with Gasteiger partial charge in [-0.1, -0.05) is 39.6 Å². The first-order chi connectivity index (χ1) is 19.4. The molecule has 2 aliphatic rings. The van der Waals surface area contributed by atoms with Crippen LogP contribution in [0.15, 0.2) is 64.0 Å². The molecule has 13 heteroatoms. The molecule has 198 valence electrons. The van der Waals surface area contributed by atoms with Gasteiger partial charge in [0.1, 0.15) is 11.5 Å². The van der Waals surface area contributed by atoms with Crippen molar-refractivity contribution >= 4 is 40.0 Å². The first kappa shape index (κ1) is 23.4. The Kier molecular flexibility index (Phi) is 4.84. The molecule has 0 bridgehead atoms. The third-order valence-electron chi connectivity index (χ3n) is 7.71. The van der Waals surface area contributed by atoms with Crippen LogP contribution in [-0.4, -0.2) is 34.7 Å². The van der Waals surface area contributed by atoms with Crippen molar-refractivity contribution in [2.75, 3.05) is 5.73 Å². The van der Waals surface area contributed by atoms with Crippen LogP contribution in [0, 0.1) is 11.9 Å². The number of imidazole rings is 1. The van der Waals surface area contributed by atoms with E-state index >= 15 is 4.39 Å². The van der Waals surface area contributed by atoms with Gasteiger partial charge in [-0.2, -0.15) is 4.39 Å². The van der Waals surface area contributed by atoms with Gasteiger partial charge in [-0.05, 0) is 54.3 Å². The second-order valence-corrected chi connectivity index (χ2v) is 10.9. The molecular formula is C27H17Cl2FN8O2. The molecule has 1 aliphatic carbocycles. The number of hydrogen-bond acceptors (Lipinski definition) is 7. The summed E-state index contributed by atoms with van der Waals surface area (Å²) in [6.45, 7) is 0. The zero-order chi connectivity index (χ0) is 27.3. The van der Waals surface area contributed by atoms with Crippen LogP contribution in [0.25, 0.3) is 39.0 Å². The van der Waals surface area contributed by atoms with Crippen molar-refractivity contribution < 1.29 is 8.91 Å². The maximum absolute atomic E-state index is 15.2. The van der Waals surface area contributed by atoms with E-state index in [1.807, 2.05) is 6.07 Å². The van der Waals surface area contributed by atoms with Gasteiger partial charge < -0.3 is 19.8 Å². The summed E-state index contributed by atoms with van der Waals surface area (Å²) in [5, 5.41) is 13.1. The number of nitrogens with zero attached hydrogens (tertiary/aromatic N) is 6. The highest BCUT2D eigenvalue weighted by molar-refractivity contribution is 6.31. The molecule has 1 fully saturated rings. The lowest BCUT2D eigenvalue weighted by atomic mass is 10.0.